The van der Waals surface area contributed by atoms with Gasteiger partial charge in [0.05, 0.1) is 12.5 Å². The lowest BCUT2D eigenvalue weighted by Gasteiger charge is -2.25. The van der Waals surface area contributed by atoms with Crippen molar-refractivity contribution in [3.8, 4) is 0 Å². The standard InChI is InChI=1S/C29H36N6O6S/c1-42-12-11-22(33-26(37)20(30)13-17-7-3-2-4-8-17)27(38)34-23(28(39)35-24(29(40)41)15-25(31)36)14-18-16-32-21-10-6-5-9-19(18)21/h2-10,16,20,22-24,32H,11-15,30H2,1H3,(H2,31,36)(H,33,37)(H,34,38)(H,35,39)(H,40,41). The molecule has 0 saturated carbocycles. The largest absolute Gasteiger partial charge is 0.480 e. The van der Waals surface area contributed by atoms with E-state index in [4.69, 9.17) is 11.5 Å². The van der Waals surface area contributed by atoms with E-state index in [0.29, 0.717) is 11.3 Å². The molecular formula is C29H36N6O6S. The van der Waals surface area contributed by atoms with Gasteiger partial charge < -0.3 is 37.5 Å². The average molecular weight is 597 g/mol. The topological polar surface area (TPSA) is 209 Å². The Labute approximate surface area is 247 Å². The first-order valence-corrected chi connectivity index (χ1v) is 14.7. The van der Waals surface area contributed by atoms with Gasteiger partial charge in [0.1, 0.15) is 18.1 Å². The summed E-state index contributed by atoms with van der Waals surface area (Å²) in [4.78, 5) is 66.0. The molecule has 1 aromatic heterocycles. The quantitative estimate of drug-likeness (QED) is 0.123. The lowest BCUT2D eigenvalue weighted by atomic mass is 10.0. The smallest absolute Gasteiger partial charge is 0.326 e. The van der Waals surface area contributed by atoms with Gasteiger partial charge in [-0.3, -0.25) is 19.2 Å². The Morgan fingerprint density at radius 3 is 2.14 bits per heavy atom. The molecule has 4 atom stereocenters. The Balaban J connectivity index is 1.81. The van der Waals surface area contributed by atoms with Crippen LogP contribution in [-0.4, -0.2) is 75.9 Å². The minimum atomic E-state index is -1.58. The summed E-state index contributed by atoms with van der Waals surface area (Å²) >= 11 is 1.48. The SMILES string of the molecule is CSCCC(NC(=O)C(N)Cc1ccccc1)C(=O)NC(Cc1c[nH]c2ccccc12)C(=O)NC(CC(N)=O)C(=O)O. The highest BCUT2D eigenvalue weighted by atomic mass is 32.2. The monoisotopic (exact) mass is 596 g/mol. The van der Waals surface area contributed by atoms with E-state index in [0.717, 1.165) is 16.5 Å². The van der Waals surface area contributed by atoms with Crippen molar-refractivity contribution in [2.24, 2.45) is 11.5 Å². The number of benzene rings is 2. The number of carboxylic acid groups (broad SMARTS) is 1. The van der Waals surface area contributed by atoms with Gasteiger partial charge in [0, 0.05) is 23.5 Å². The number of hydrogen-bond acceptors (Lipinski definition) is 7. The number of fused-ring (bicyclic) bond motifs is 1. The van der Waals surface area contributed by atoms with Gasteiger partial charge in [-0.1, -0.05) is 48.5 Å². The summed E-state index contributed by atoms with van der Waals surface area (Å²) in [6.45, 7) is 0. The Bertz CT molecular complexity index is 1400. The minimum absolute atomic E-state index is 0.00120. The third-order valence-electron chi connectivity index (χ3n) is 6.63. The lowest BCUT2D eigenvalue weighted by molar-refractivity contribution is -0.143. The third-order valence-corrected chi connectivity index (χ3v) is 7.27. The fraction of sp³-hybridized carbons (Fsp3) is 0.345. The van der Waals surface area contributed by atoms with E-state index >= 15 is 0 Å². The van der Waals surface area contributed by atoms with Crippen molar-refractivity contribution in [2.75, 3.05) is 12.0 Å². The van der Waals surface area contributed by atoms with E-state index in [1.54, 1.807) is 6.20 Å². The van der Waals surface area contributed by atoms with Gasteiger partial charge in [-0.2, -0.15) is 11.8 Å². The number of aromatic amines is 1. The molecule has 2 aromatic carbocycles. The van der Waals surface area contributed by atoms with Crippen molar-refractivity contribution >= 4 is 52.3 Å². The van der Waals surface area contributed by atoms with Gasteiger partial charge >= 0.3 is 5.97 Å². The maximum atomic E-state index is 13.5. The zero-order valence-electron chi connectivity index (χ0n) is 23.2. The van der Waals surface area contributed by atoms with Crippen LogP contribution in [0.1, 0.15) is 24.0 Å². The van der Waals surface area contributed by atoms with Gasteiger partial charge in [-0.25, -0.2) is 4.79 Å². The fourth-order valence-corrected chi connectivity index (χ4v) is 4.89. The molecule has 42 heavy (non-hydrogen) atoms. The molecule has 3 rings (SSSR count). The predicted molar refractivity (Wildman–Crippen MR) is 160 cm³/mol. The Morgan fingerprint density at radius 2 is 1.48 bits per heavy atom. The highest BCUT2D eigenvalue weighted by molar-refractivity contribution is 7.98. The minimum Gasteiger partial charge on any atom is -0.480 e. The van der Waals surface area contributed by atoms with Gasteiger partial charge in [0.25, 0.3) is 0 Å². The number of nitrogens with two attached hydrogens (primary N) is 2. The summed E-state index contributed by atoms with van der Waals surface area (Å²) in [6, 6.07) is 11.9. The summed E-state index contributed by atoms with van der Waals surface area (Å²) in [7, 11) is 0. The second kappa shape index (κ2) is 15.6. The van der Waals surface area contributed by atoms with Crippen LogP contribution < -0.4 is 27.4 Å². The molecule has 0 aliphatic heterocycles. The van der Waals surface area contributed by atoms with Crippen molar-refractivity contribution in [3.63, 3.8) is 0 Å². The number of rotatable bonds is 16. The molecule has 9 N–H and O–H groups in total. The molecule has 13 heteroatoms. The lowest BCUT2D eigenvalue weighted by Crippen LogP contribution is -2.58. The van der Waals surface area contributed by atoms with Gasteiger partial charge in [0.2, 0.25) is 23.6 Å². The van der Waals surface area contributed by atoms with E-state index in [9.17, 15) is 29.1 Å². The molecule has 3 aromatic rings. The molecule has 4 unspecified atom stereocenters. The van der Waals surface area contributed by atoms with Crippen LogP contribution in [0.25, 0.3) is 10.9 Å². The van der Waals surface area contributed by atoms with Crippen LogP contribution in [0.15, 0.2) is 60.8 Å². The highest BCUT2D eigenvalue weighted by Crippen LogP contribution is 2.19. The number of para-hydroxylation sites is 1. The summed E-state index contributed by atoms with van der Waals surface area (Å²) in [5.74, 6) is -3.80. The number of carbonyl (C=O) groups is 5. The zero-order chi connectivity index (χ0) is 30.6. The van der Waals surface area contributed by atoms with Crippen LogP contribution in [0.5, 0.6) is 0 Å². The van der Waals surface area contributed by atoms with Crippen LogP contribution in [-0.2, 0) is 36.8 Å². The summed E-state index contributed by atoms with van der Waals surface area (Å²) in [5.41, 5.74) is 13.7. The molecule has 1 heterocycles. The van der Waals surface area contributed by atoms with E-state index in [1.165, 1.54) is 11.8 Å². The Kier molecular flexibility index (Phi) is 11.9. The number of amides is 4. The number of carbonyl (C=O) groups excluding carboxylic acids is 4. The van der Waals surface area contributed by atoms with E-state index in [-0.39, 0.29) is 19.3 Å². The van der Waals surface area contributed by atoms with Crippen LogP contribution in [0.2, 0.25) is 0 Å². The summed E-state index contributed by atoms with van der Waals surface area (Å²) < 4.78 is 0. The van der Waals surface area contributed by atoms with Crippen molar-refractivity contribution < 1.29 is 29.1 Å². The number of aliphatic carboxylic acids is 1. The number of thioether (sulfide) groups is 1. The number of aromatic nitrogens is 1. The zero-order valence-corrected chi connectivity index (χ0v) is 24.0. The maximum absolute atomic E-state index is 13.5. The average Bonchev–Trinajstić information content (AvgIpc) is 3.37. The first-order chi connectivity index (χ1) is 20.1. The molecule has 224 valence electrons. The van der Waals surface area contributed by atoms with Gasteiger partial charge in [-0.05, 0) is 42.0 Å². The molecule has 0 aliphatic rings. The predicted octanol–water partition coefficient (Wildman–Crippen LogP) is 0.448. The first-order valence-electron chi connectivity index (χ1n) is 13.3. The number of H-pyrrole nitrogens is 1. The molecule has 0 bridgehead atoms. The number of nitrogens with one attached hydrogen (secondary N) is 4. The number of hydrogen-bond donors (Lipinski definition) is 7. The van der Waals surface area contributed by atoms with Crippen LogP contribution >= 0.6 is 11.8 Å². The number of primary amides is 1. The highest BCUT2D eigenvalue weighted by Gasteiger charge is 2.31. The summed E-state index contributed by atoms with van der Waals surface area (Å²) in [6.07, 6.45) is 3.46. The van der Waals surface area contributed by atoms with Crippen LogP contribution in [0.3, 0.4) is 0 Å². The van der Waals surface area contributed by atoms with Crippen LogP contribution in [0, 0.1) is 0 Å². The van der Waals surface area contributed by atoms with Crippen molar-refractivity contribution in [3.05, 3.63) is 71.9 Å². The molecule has 0 spiro atoms. The molecular weight excluding hydrogens is 560 g/mol. The second-order valence-electron chi connectivity index (χ2n) is 9.83. The Morgan fingerprint density at radius 1 is 0.857 bits per heavy atom. The van der Waals surface area contributed by atoms with E-state index in [1.807, 2.05) is 60.9 Å². The molecule has 12 nitrogen and oxygen atoms in total. The van der Waals surface area contributed by atoms with E-state index < -0.39 is 60.2 Å². The van der Waals surface area contributed by atoms with Gasteiger partial charge in [-0.15, -0.1) is 0 Å². The molecule has 0 saturated heterocycles. The second-order valence-corrected chi connectivity index (χ2v) is 10.8. The van der Waals surface area contributed by atoms with Crippen molar-refractivity contribution in [1.82, 2.24) is 20.9 Å². The van der Waals surface area contributed by atoms with E-state index in [2.05, 4.69) is 20.9 Å². The summed E-state index contributed by atoms with van der Waals surface area (Å²) in [5, 5.41) is 18.0. The normalized spacial score (nSPS) is 13.9. The third kappa shape index (κ3) is 9.35. The molecule has 0 aliphatic carbocycles. The van der Waals surface area contributed by atoms with Crippen LogP contribution in [0.4, 0.5) is 0 Å². The molecule has 4 amide bonds. The van der Waals surface area contributed by atoms with Gasteiger partial charge in [0.15, 0.2) is 0 Å². The van der Waals surface area contributed by atoms with Crippen molar-refractivity contribution in [2.45, 2.75) is 49.9 Å². The molecule has 0 radical (unpaired) electrons. The fourth-order valence-electron chi connectivity index (χ4n) is 4.42. The molecule has 0 fully saturated rings. The first kappa shape index (κ1) is 32.2. The Hall–Kier alpha value is -4.36. The number of carboxylic acids is 1. The van der Waals surface area contributed by atoms with Crippen molar-refractivity contribution in [1.29, 1.82) is 0 Å². The maximum Gasteiger partial charge on any atom is 0.326 e.